The van der Waals surface area contributed by atoms with Crippen LogP contribution in [0.5, 0.6) is 0 Å². The summed E-state index contributed by atoms with van der Waals surface area (Å²) in [5.41, 5.74) is 9.68. The van der Waals surface area contributed by atoms with E-state index in [0.29, 0.717) is 0 Å². The number of hydrogen-bond acceptors (Lipinski definition) is 0. The molecular formula is C23H20. The molecule has 0 amide bonds. The van der Waals surface area contributed by atoms with Gasteiger partial charge in [-0.05, 0) is 46.2 Å². The van der Waals surface area contributed by atoms with Gasteiger partial charge in [0.1, 0.15) is 0 Å². The molecule has 0 saturated carbocycles. The average molecular weight is 296 g/mol. The molecule has 1 aliphatic carbocycles. The first-order chi connectivity index (χ1) is 11.4. The van der Waals surface area contributed by atoms with Crippen molar-refractivity contribution in [1.82, 2.24) is 0 Å². The SMILES string of the molecule is CCC1=Cc2c(ccc(-c3ccccc3)c2-c2ccccc2)C1. The molecule has 0 aliphatic heterocycles. The van der Waals surface area contributed by atoms with E-state index in [1.54, 1.807) is 0 Å². The smallest absolute Gasteiger partial charge is 0.00300 e. The van der Waals surface area contributed by atoms with Crippen LogP contribution in [0, 0.1) is 0 Å². The molecule has 0 bridgehead atoms. The predicted octanol–water partition coefficient (Wildman–Crippen LogP) is 6.37. The first-order valence-electron chi connectivity index (χ1n) is 8.33. The normalized spacial score (nSPS) is 12.8. The Labute approximate surface area is 138 Å². The first-order valence-corrected chi connectivity index (χ1v) is 8.33. The highest BCUT2D eigenvalue weighted by atomic mass is 14.2. The van der Waals surface area contributed by atoms with Gasteiger partial charge in [0.2, 0.25) is 0 Å². The van der Waals surface area contributed by atoms with E-state index in [2.05, 4.69) is 85.8 Å². The maximum Gasteiger partial charge on any atom is -0.00300 e. The van der Waals surface area contributed by atoms with Gasteiger partial charge in [-0.2, -0.15) is 0 Å². The Hall–Kier alpha value is -2.60. The lowest BCUT2D eigenvalue weighted by molar-refractivity contribution is 1.04. The zero-order valence-electron chi connectivity index (χ0n) is 13.4. The average Bonchev–Trinajstić information content (AvgIpc) is 3.05. The number of benzene rings is 3. The topological polar surface area (TPSA) is 0 Å². The van der Waals surface area contributed by atoms with Crippen LogP contribution in [0.25, 0.3) is 28.3 Å². The van der Waals surface area contributed by atoms with Crippen LogP contribution < -0.4 is 0 Å². The van der Waals surface area contributed by atoms with Crippen molar-refractivity contribution in [3.63, 3.8) is 0 Å². The zero-order valence-corrected chi connectivity index (χ0v) is 13.4. The zero-order chi connectivity index (χ0) is 15.6. The van der Waals surface area contributed by atoms with E-state index >= 15 is 0 Å². The fourth-order valence-corrected chi connectivity index (χ4v) is 3.48. The van der Waals surface area contributed by atoms with Gasteiger partial charge >= 0.3 is 0 Å². The second kappa shape index (κ2) is 5.89. The van der Waals surface area contributed by atoms with E-state index in [-0.39, 0.29) is 0 Å². The third-order valence-electron chi connectivity index (χ3n) is 4.70. The lowest BCUT2D eigenvalue weighted by Crippen LogP contribution is -1.92. The summed E-state index contributed by atoms with van der Waals surface area (Å²) in [4.78, 5) is 0. The van der Waals surface area contributed by atoms with Crippen molar-refractivity contribution in [2.24, 2.45) is 0 Å². The second-order valence-electron chi connectivity index (χ2n) is 6.13. The van der Waals surface area contributed by atoms with E-state index in [0.717, 1.165) is 12.8 Å². The molecule has 0 radical (unpaired) electrons. The van der Waals surface area contributed by atoms with Gasteiger partial charge in [0.15, 0.2) is 0 Å². The van der Waals surface area contributed by atoms with Crippen molar-refractivity contribution < 1.29 is 0 Å². The third kappa shape index (κ3) is 2.51. The molecule has 4 rings (SSSR count). The molecule has 0 spiro atoms. The molecule has 0 fully saturated rings. The van der Waals surface area contributed by atoms with Crippen LogP contribution in [0.3, 0.4) is 0 Å². The third-order valence-corrected chi connectivity index (χ3v) is 4.70. The molecule has 3 aromatic rings. The van der Waals surface area contributed by atoms with Crippen molar-refractivity contribution >= 4 is 6.08 Å². The summed E-state index contributed by atoms with van der Waals surface area (Å²) in [6, 6.07) is 26.1. The Morgan fingerprint density at radius 3 is 2.04 bits per heavy atom. The van der Waals surface area contributed by atoms with Gasteiger partial charge in [0, 0.05) is 0 Å². The molecule has 3 aromatic carbocycles. The van der Waals surface area contributed by atoms with E-state index in [4.69, 9.17) is 0 Å². The number of fused-ring (bicyclic) bond motifs is 1. The molecule has 0 nitrogen and oxygen atoms in total. The quantitative estimate of drug-likeness (QED) is 0.526. The predicted molar refractivity (Wildman–Crippen MR) is 99.3 cm³/mol. The van der Waals surface area contributed by atoms with Crippen molar-refractivity contribution in [3.05, 3.63) is 89.5 Å². The summed E-state index contributed by atoms with van der Waals surface area (Å²) in [6.07, 6.45) is 4.63. The Morgan fingerprint density at radius 1 is 0.739 bits per heavy atom. The number of hydrogen-bond donors (Lipinski definition) is 0. The van der Waals surface area contributed by atoms with Gasteiger partial charge in [-0.3, -0.25) is 0 Å². The van der Waals surface area contributed by atoms with Crippen molar-refractivity contribution in [3.8, 4) is 22.3 Å². The monoisotopic (exact) mass is 296 g/mol. The number of rotatable bonds is 3. The fraction of sp³-hybridized carbons (Fsp3) is 0.130. The summed E-state index contributed by atoms with van der Waals surface area (Å²) < 4.78 is 0. The van der Waals surface area contributed by atoms with Gasteiger partial charge < -0.3 is 0 Å². The molecule has 0 N–H and O–H groups in total. The maximum absolute atomic E-state index is 2.41. The van der Waals surface area contributed by atoms with Crippen LogP contribution in [-0.4, -0.2) is 0 Å². The van der Waals surface area contributed by atoms with E-state index in [1.807, 2.05) is 0 Å². The highest BCUT2D eigenvalue weighted by Crippen LogP contribution is 2.41. The minimum atomic E-state index is 1.10. The maximum atomic E-state index is 2.41. The minimum Gasteiger partial charge on any atom is -0.0655 e. The molecule has 0 atom stereocenters. The molecule has 0 heterocycles. The highest BCUT2D eigenvalue weighted by Gasteiger charge is 2.19. The van der Waals surface area contributed by atoms with Gasteiger partial charge in [-0.1, -0.05) is 91.4 Å². The first kappa shape index (κ1) is 14.0. The molecule has 0 saturated heterocycles. The standard InChI is InChI=1S/C23H20/c1-2-17-15-20-13-14-21(18-9-5-3-6-10-18)23(22(20)16-17)19-11-7-4-8-12-19/h3-14,16H,2,15H2,1H3. The van der Waals surface area contributed by atoms with E-state index in [1.165, 1.54) is 39.0 Å². The Balaban J connectivity index is 2.00. The number of allylic oxidation sites excluding steroid dienone is 1. The molecule has 0 aromatic heterocycles. The van der Waals surface area contributed by atoms with Crippen LogP contribution in [0.2, 0.25) is 0 Å². The van der Waals surface area contributed by atoms with Crippen LogP contribution in [-0.2, 0) is 6.42 Å². The van der Waals surface area contributed by atoms with Gasteiger partial charge in [0.25, 0.3) is 0 Å². The summed E-state index contributed by atoms with van der Waals surface area (Å²) >= 11 is 0. The van der Waals surface area contributed by atoms with Crippen LogP contribution in [0.15, 0.2) is 78.4 Å². The minimum absolute atomic E-state index is 1.10. The van der Waals surface area contributed by atoms with Crippen molar-refractivity contribution in [2.45, 2.75) is 19.8 Å². The fourth-order valence-electron chi connectivity index (χ4n) is 3.48. The second-order valence-corrected chi connectivity index (χ2v) is 6.13. The Morgan fingerprint density at radius 2 is 1.39 bits per heavy atom. The Kier molecular flexibility index (Phi) is 3.59. The van der Waals surface area contributed by atoms with Crippen LogP contribution >= 0.6 is 0 Å². The largest absolute Gasteiger partial charge is 0.0655 e. The lowest BCUT2D eigenvalue weighted by atomic mass is 9.89. The van der Waals surface area contributed by atoms with E-state index in [9.17, 15) is 0 Å². The molecule has 1 aliphatic rings. The van der Waals surface area contributed by atoms with Crippen molar-refractivity contribution in [1.29, 1.82) is 0 Å². The molecule has 0 heteroatoms. The summed E-state index contributed by atoms with van der Waals surface area (Å²) in [5.74, 6) is 0. The molecular weight excluding hydrogens is 276 g/mol. The summed E-state index contributed by atoms with van der Waals surface area (Å²) in [6.45, 7) is 2.25. The van der Waals surface area contributed by atoms with Crippen LogP contribution in [0.1, 0.15) is 24.5 Å². The van der Waals surface area contributed by atoms with Crippen molar-refractivity contribution in [2.75, 3.05) is 0 Å². The molecule has 23 heavy (non-hydrogen) atoms. The van der Waals surface area contributed by atoms with Crippen LogP contribution in [0.4, 0.5) is 0 Å². The highest BCUT2D eigenvalue weighted by molar-refractivity contribution is 5.92. The molecule has 0 unspecified atom stereocenters. The summed E-state index contributed by atoms with van der Waals surface area (Å²) in [5, 5.41) is 0. The Bertz CT molecular complexity index is 855. The molecule has 112 valence electrons. The lowest BCUT2D eigenvalue weighted by Gasteiger charge is -2.15. The summed E-state index contributed by atoms with van der Waals surface area (Å²) in [7, 11) is 0. The van der Waals surface area contributed by atoms with E-state index < -0.39 is 0 Å². The van der Waals surface area contributed by atoms with Gasteiger partial charge in [0.05, 0.1) is 0 Å². The van der Waals surface area contributed by atoms with Gasteiger partial charge in [-0.25, -0.2) is 0 Å². The van der Waals surface area contributed by atoms with Gasteiger partial charge in [-0.15, -0.1) is 0 Å².